The topological polar surface area (TPSA) is 98.7 Å². The standard InChI is InChI=1S/C28H29ClN6O/c1-16-3-2-4-25(32-16)17-5-12-22(24(29)14-17)23-13-18-15-31-28(33-20-8-9-20)34-26(18)35(27(23)36)21-10-6-19(30)7-11-21/h2-5,12-15,19-21H,6-11,30H2,1H3,(H,31,33,34). The maximum atomic E-state index is 14.0. The zero-order valence-electron chi connectivity index (χ0n) is 20.2. The number of rotatable bonds is 5. The first-order valence-corrected chi connectivity index (χ1v) is 13.0. The van der Waals surface area contributed by atoms with E-state index >= 15 is 0 Å². The van der Waals surface area contributed by atoms with Crippen LogP contribution in [0.2, 0.25) is 5.02 Å². The smallest absolute Gasteiger partial charge is 0.260 e. The van der Waals surface area contributed by atoms with Crippen molar-refractivity contribution in [1.82, 2.24) is 19.5 Å². The molecule has 0 amide bonds. The van der Waals surface area contributed by atoms with Gasteiger partial charge in [0.25, 0.3) is 5.56 Å². The molecule has 6 rings (SSSR count). The van der Waals surface area contributed by atoms with E-state index in [1.165, 1.54) is 0 Å². The van der Waals surface area contributed by atoms with Crippen LogP contribution >= 0.6 is 11.6 Å². The van der Waals surface area contributed by atoms with Gasteiger partial charge in [0.2, 0.25) is 5.95 Å². The number of hydrogen-bond donors (Lipinski definition) is 2. The zero-order valence-corrected chi connectivity index (χ0v) is 21.0. The van der Waals surface area contributed by atoms with Crippen molar-refractivity contribution in [3.05, 3.63) is 69.7 Å². The lowest BCUT2D eigenvalue weighted by atomic mass is 9.91. The van der Waals surface area contributed by atoms with Crippen LogP contribution in [0.1, 0.15) is 50.3 Å². The molecule has 0 bridgehead atoms. The third-order valence-electron chi connectivity index (χ3n) is 7.23. The molecular formula is C28H29ClN6O. The maximum Gasteiger partial charge on any atom is 0.260 e. The van der Waals surface area contributed by atoms with E-state index in [-0.39, 0.29) is 17.6 Å². The van der Waals surface area contributed by atoms with Crippen LogP contribution in [0, 0.1) is 6.92 Å². The molecule has 2 fully saturated rings. The number of fused-ring (bicyclic) bond motifs is 1. The van der Waals surface area contributed by atoms with Crippen LogP contribution in [0.3, 0.4) is 0 Å². The molecule has 3 heterocycles. The van der Waals surface area contributed by atoms with Gasteiger partial charge in [0.15, 0.2) is 0 Å². The lowest BCUT2D eigenvalue weighted by molar-refractivity contribution is 0.324. The van der Waals surface area contributed by atoms with Crippen LogP contribution in [-0.4, -0.2) is 31.6 Å². The highest BCUT2D eigenvalue weighted by Gasteiger charge is 2.26. The number of nitrogens with one attached hydrogen (secondary N) is 1. The molecule has 184 valence electrons. The molecule has 0 spiro atoms. The van der Waals surface area contributed by atoms with Gasteiger partial charge in [-0.25, -0.2) is 4.98 Å². The molecule has 2 aliphatic rings. The predicted molar refractivity (Wildman–Crippen MR) is 144 cm³/mol. The van der Waals surface area contributed by atoms with E-state index in [0.29, 0.717) is 33.8 Å². The largest absolute Gasteiger partial charge is 0.351 e. The summed E-state index contributed by atoms with van der Waals surface area (Å²) in [7, 11) is 0. The summed E-state index contributed by atoms with van der Waals surface area (Å²) < 4.78 is 1.86. The van der Waals surface area contributed by atoms with Gasteiger partial charge >= 0.3 is 0 Å². The Morgan fingerprint density at radius 3 is 2.53 bits per heavy atom. The summed E-state index contributed by atoms with van der Waals surface area (Å²) in [5.41, 5.74) is 10.7. The molecule has 8 heteroatoms. The number of anilines is 1. The van der Waals surface area contributed by atoms with E-state index in [9.17, 15) is 4.79 Å². The monoisotopic (exact) mass is 500 g/mol. The Labute approximate surface area is 214 Å². The number of nitrogens with zero attached hydrogens (tertiary/aromatic N) is 4. The summed E-state index contributed by atoms with van der Waals surface area (Å²) in [4.78, 5) is 28.0. The average Bonchev–Trinajstić information content (AvgIpc) is 3.69. The van der Waals surface area contributed by atoms with Crippen LogP contribution in [0.15, 0.2) is 53.5 Å². The number of pyridine rings is 2. The minimum Gasteiger partial charge on any atom is -0.351 e. The van der Waals surface area contributed by atoms with Gasteiger partial charge < -0.3 is 11.1 Å². The van der Waals surface area contributed by atoms with E-state index in [2.05, 4.69) is 15.3 Å². The number of hydrogen-bond acceptors (Lipinski definition) is 6. The van der Waals surface area contributed by atoms with Crippen LogP contribution in [0.5, 0.6) is 0 Å². The van der Waals surface area contributed by atoms with Crippen LogP contribution in [-0.2, 0) is 0 Å². The van der Waals surface area contributed by atoms with E-state index in [4.69, 9.17) is 22.3 Å². The lowest BCUT2D eigenvalue weighted by Crippen LogP contribution is -2.33. The molecule has 7 nitrogen and oxygen atoms in total. The molecule has 1 aromatic carbocycles. The molecule has 2 aliphatic carbocycles. The summed E-state index contributed by atoms with van der Waals surface area (Å²) >= 11 is 6.79. The number of halogens is 1. The van der Waals surface area contributed by atoms with Crippen LogP contribution < -0.4 is 16.6 Å². The molecular weight excluding hydrogens is 472 g/mol. The highest BCUT2D eigenvalue weighted by Crippen LogP contribution is 2.34. The Balaban J connectivity index is 1.48. The summed E-state index contributed by atoms with van der Waals surface area (Å²) in [6, 6.07) is 14.2. The van der Waals surface area contributed by atoms with Crippen molar-refractivity contribution in [1.29, 1.82) is 0 Å². The molecule has 2 saturated carbocycles. The Morgan fingerprint density at radius 1 is 1.00 bits per heavy atom. The van der Waals surface area contributed by atoms with Gasteiger partial charge in [0.05, 0.1) is 5.69 Å². The average molecular weight is 501 g/mol. The Hall–Kier alpha value is -3.29. The van der Waals surface area contributed by atoms with Crippen molar-refractivity contribution in [3.63, 3.8) is 0 Å². The normalized spacial score (nSPS) is 20.0. The van der Waals surface area contributed by atoms with Gasteiger partial charge in [-0.2, -0.15) is 4.98 Å². The fourth-order valence-corrected chi connectivity index (χ4v) is 5.37. The Morgan fingerprint density at radius 2 is 1.81 bits per heavy atom. The molecule has 36 heavy (non-hydrogen) atoms. The van der Waals surface area contributed by atoms with E-state index < -0.39 is 0 Å². The van der Waals surface area contributed by atoms with E-state index in [0.717, 1.165) is 60.9 Å². The van der Waals surface area contributed by atoms with Gasteiger partial charge in [-0.1, -0.05) is 29.8 Å². The quantitative estimate of drug-likeness (QED) is 0.375. The fourth-order valence-electron chi connectivity index (χ4n) is 5.09. The summed E-state index contributed by atoms with van der Waals surface area (Å²) in [5.74, 6) is 0.575. The fraction of sp³-hybridized carbons (Fsp3) is 0.357. The lowest BCUT2D eigenvalue weighted by Gasteiger charge is -2.29. The van der Waals surface area contributed by atoms with Crippen molar-refractivity contribution >= 4 is 28.6 Å². The van der Waals surface area contributed by atoms with Crippen molar-refractivity contribution in [2.24, 2.45) is 5.73 Å². The predicted octanol–water partition coefficient (Wildman–Crippen LogP) is 5.50. The third-order valence-corrected chi connectivity index (χ3v) is 7.55. The Bertz CT molecular complexity index is 1500. The SMILES string of the molecule is Cc1cccc(-c2ccc(-c3cc4cnc(NC5CC5)nc4n(C4CCC(N)CC4)c3=O)c(Cl)c2)n1. The second kappa shape index (κ2) is 9.30. The zero-order chi connectivity index (χ0) is 24.8. The molecule has 4 aromatic rings. The molecule has 0 unspecified atom stereocenters. The summed E-state index contributed by atoms with van der Waals surface area (Å²) in [6.45, 7) is 1.96. The molecule has 0 atom stereocenters. The number of nitrogens with two attached hydrogens (primary N) is 1. The number of benzene rings is 1. The van der Waals surface area contributed by atoms with Crippen molar-refractivity contribution in [3.8, 4) is 22.4 Å². The second-order valence-electron chi connectivity index (χ2n) is 10.1. The summed E-state index contributed by atoms with van der Waals surface area (Å²) in [6.07, 6.45) is 7.53. The number of aryl methyl sites for hydroxylation is 1. The molecule has 0 radical (unpaired) electrons. The first kappa shape index (κ1) is 23.1. The van der Waals surface area contributed by atoms with Crippen LogP contribution in [0.25, 0.3) is 33.4 Å². The molecule has 3 aromatic heterocycles. The minimum atomic E-state index is -0.0811. The highest BCUT2D eigenvalue weighted by atomic mass is 35.5. The molecule has 0 saturated heterocycles. The van der Waals surface area contributed by atoms with Gasteiger partial charge in [0.1, 0.15) is 5.65 Å². The van der Waals surface area contributed by atoms with Crippen molar-refractivity contribution in [2.45, 2.75) is 63.6 Å². The first-order valence-electron chi connectivity index (χ1n) is 12.6. The highest BCUT2D eigenvalue weighted by molar-refractivity contribution is 6.33. The van der Waals surface area contributed by atoms with Gasteiger partial charge in [-0.3, -0.25) is 14.3 Å². The van der Waals surface area contributed by atoms with E-state index in [1.54, 1.807) is 6.20 Å². The van der Waals surface area contributed by atoms with E-state index in [1.807, 2.05) is 54.0 Å². The Kier molecular flexibility index (Phi) is 5.97. The van der Waals surface area contributed by atoms with Gasteiger partial charge in [-0.05, 0) is 69.7 Å². The minimum absolute atomic E-state index is 0.0398. The maximum absolute atomic E-state index is 14.0. The first-order chi connectivity index (χ1) is 17.5. The second-order valence-corrected chi connectivity index (χ2v) is 10.5. The third kappa shape index (κ3) is 4.49. The van der Waals surface area contributed by atoms with Crippen LogP contribution in [0.4, 0.5) is 5.95 Å². The van der Waals surface area contributed by atoms with Crippen molar-refractivity contribution < 1.29 is 0 Å². The van der Waals surface area contributed by atoms with Crippen molar-refractivity contribution in [2.75, 3.05) is 5.32 Å². The van der Waals surface area contributed by atoms with Gasteiger partial charge in [0, 0.05) is 57.1 Å². The van der Waals surface area contributed by atoms with Gasteiger partial charge in [-0.15, -0.1) is 0 Å². The summed E-state index contributed by atoms with van der Waals surface area (Å²) in [5, 5.41) is 4.69. The molecule has 3 N–H and O–H groups in total. The molecule has 0 aliphatic heterocycles. The number of aromatic nitrogens is 4.